The molecule has 0 fully saturated rings. The van der Waals surface area contributed by atoms with E-state index < -0.39 is 36.3 Å². The second kappa shape index (κ2) is 9.16. The normalized spacial score (nSPS) is 13.1. The fourth-order valence-corrected chi connectivity index (χ4v) is 3.05. The quantitative estimate of drug-likeness (QED) is 0.564. The lowest BCUT2D eigenvalue weighted by Crippen LogP contribution is -2.51. The number of carboxylic acid groups (broad SMARTS) is 1. The van der Waals surface area contributed by atoms with Gasteiger partial charge in [0.1, 0.15) is 18.0 Å². The van der Waals surface area contributed by atoms with Crippen LogP contribution in [0.2, 0.25) is 0 Å². The Bertz CT molecular complexity index is 887. The summed E-state index contributed by atoms with van der Waals surface area (Å²) in [6.07, 6.45) is 0.213. The van der Waals surface area contributed by atoms with Gasteiger partial charge < -0.3 is 25.1 Å². The van der Waals surface area contributed by atoms with Crippen molar-refractivity contribution in [3.05, 3.63) is 36.0 Å². The van der Waals surface area contributed by atoms with Crippen LogP contribution in [0.25, 0.3) is 10.9 Å². The second-order valence-electron chi connectivity index (χ2n) is 7.15. The highest BCUT2D eigenvalue weighted by molar-refractivity contribution is 6.01. The van der Waals surface area contributed by atoms with E-state index in [1.54, 1.807) is 17.7 Å². The Labute approximate surface area is 162 Å². The number of hydrogen-bond donors (Lipinski definition) is 3. The van der Waals surface area contributed by atoms with Gasteiger partial charge in [0.05, 0.1) is 12.5 Å². The van der Waals surface area contributed by atoms with Gasteiger partial charge in [0, 0.05) is 18.0 Å². The SMILES string of the molecule is CC(C)CC(NC(=O)c1cc2ccccc2n1C)C(=O)N[C@@H](C=O)CC(=O)O. The van der Waals surface area contributed by atoms with Crippen LogP contribution in [0.15, 0.2) is 30.3 Å². The third-order valence-electron chi connectivity index (χ3n) is 4.40. The molecular weight excluding hydrogens is 362 g/mol. The zero-order chi connectivity index (χ0) is 20.8. The van der Waals surface area contributed by atoms with E-state index >= 15 is 0 Å². The van der Waals surface area contributed by atoms with Crippen molar-refractivity contribution >= 4 is 35.0 Å². The van der Waals surface area contributed by atoms with Crippen molar-refractivity contribution in [1.29, 1.82) is 0 Å². The molecule has 0 aliphatic rings. The fourth-order valence-electron chi connectivity index (χ4n) is 3.05. The third-order valence-corrected chi connectivity index (χ3v) is 4.40. The summed E-state index contributed by atoms with van der Waals surface area (Å²) in [5.74, 6) is -2.10. The van der Waals surface area contributed by atoms with Crippen molar-refractivity contribution in [3.63, 3.8) is 0 Å². The van der Waals surface area contributed by atoms with Crippen LogP contribution in [0.1, 0.15) is 37.2 Å². The maximum Gasteiger partial charge on any atom is 0.305 e. The van der Waals surface area contributed by atoms with Crippen molar-refractivity contribution < 1.29 is 24.3 Å². The second-order valence-corrected chi connectivity index (χ2v) is 7.15. The Morgan fingerprint density at radius 2 is 1.86 bits per heavy atom. The number of nitrogens with one attached hydrogen (secondary N) is 2. The molecule has 0 aliphatic carbocycles. The lowest BCUT2D eigenvalue weighted by atomic mass is 10.0. The number of nitrogens with zero attached hydrogens (tertiary/aromatic N) is 1. The monoisotopic (exact) mass is 387 g/mol. The van der Waals surface area contributed by atoms with Crippen molar-refractivity contribution in [1.82, 2.24) is 15.2 Å². The summed E-state index contributed by atoms with van der Waals surface area (Å²) >= 11 is 0. The molecule has 0 spiro atoms. The Kier molecular flexibility index (Phi) is 6.92. The van der Waals surface area contributed by atoms with Crippen LogP contribution in [0.4, 0.5) is 0 Å². The van der Waals surface area contributed by atoms with E-state index in [4.69, 9.17) is 5.11 Å². The smallest absolute Gasteiger partial charge is 0.305 e. The highest BCUT2D eigenvalue weighted by Gasteiger charge is 2.26. The molecule has 0 saturated heterocycles. The van der Waals surface area contributed by atoms with E-state index in [2.05, 4.69) is 10.6 Å². The van der Waals surface area contributed by atoms with Gasteiger partial charge in [0.25, 0.3) is 5.91 Å². The molecule has 3 N–H and O–H groups in total. The summed E-state index contributed by atoms with van der Waals surface area (Å²) in [5, 5.41) is 14.8. The molecule has 150 valence electrons. The van der Waals surface area contributed by atoms with Gasteiger partial charge in [-0.3, -0.25) is 14.4 Å². The van der Waals surface area contributed by atoms with E-state index in [0.29, 0.717) is 18.4 Å². The number of aromatic nitrogens is 1. The van der Waals surface area contributed by atoms with Gasteiger partial charge in [-0.2, -0.15) is 0 Å². The number of aryl methyl sites for hydroxylation is 1. The van der Waals surface area contributed by atoms with Gasteiger partial charge in [0.15, 0.2) is 0 Å². The van der Waals surface area contributed by atoms with E-state index in [-0.39, 0.29) is 5.92 Å². The molecule has 0 aliphatic heterocycles. The van der Waals surface area contributed by atoms with Crippen LogP contribution in [-0.4, -0.2) is 45.8 Å². The maximum absolute atomic E-state index is 12.8. The average Bonchev–Trinajstić information content (AvgIpc) is 2.97. The number of carboxylic acids is 1. The predicted octanol–water partition coefficient (Wildman–Crippen LogP) is 1.48. The number of hydrogen-bond acceptors (Lipinski definition) is 4. The number of rotatable bonds is 9. The zero-order valence-electron chi connectivity index (χ0n) is 16.1. The van der Waals surface area contributed by atoms with Gasteiger partial charge in [0.2, 0.25) is 5.91 Å². The first-order valence-electron chi connectivity index (χ1n) is 9.05. The number of aldehydes is 1. The summed E-state index contributed by atoms with van der Waals surface area (Å²) in [5.41, 5.74) is 1.29. The number of aliphatic carboxylic acids is 1. The first-order chi connectivity index (χ1) is 13.2. The summed E-state index contributed by atoms with van der Waals surface area (Å²) in [7, 11) is 1.77. The topological polar surface area (TPSA) is 118 Å². The molecule has 2 amide bonds. The third kappa shape index (κ3) is 5.18. The first kappa shape index (κ1) is 21.1. The van der Waals surface area contributed by atoms with E-state index in [1.165, 1.54) is 0 Å². The minimum Gasteiger partial charge on any atom is -0.481 e. The lowest BCUT2D eigenvalue weighted by molar-refractivity contribution is -0.139. The Morgan fingerprint density at radius 1 is 1.18 bits per heavy atom. The van der Waals surface area contributed by atoms with Crippen molar-refractivity contribution in [2.75, 3.05) is 0 Å². The largest absolute Gasteiger partial charge is 0.481 e. The standard InChI is InChI=1S/C20H25N3O5/c1-12(2)8-15(19(27)21-14(11-24)10-18(25)26)22-20(28)17-9-13-6-4-5-7-16(13)23(17)3/h4-7,9,11-12,14-15H,8,10H2,1-3H3,(H,21,27)(H,22,28)(H,25,26)/t14-,15?/m1/s1. The molecule has 2 aromatic rings. The van der Waals surface area contributed by atoms with Crippen LogP contribution in [0, 0.1) is 5.92 Å². The molecule has 2 rings (SSSR count). The van der Waals surface area contributed by atoms with E-state index in [1.807, 2.05) is 38.1 Å². The summed E-state index contributed by atoms with van der Waals surface area (Å²) < 4.78 is 1.74. The Morgan fingerprint density at radius 3 is 2.43 bits per heavy atom. The molecule has 1 aromatic carbocycles. The lowest BCUT2D eigenvalue weighted by Gasteiger charge is -2.22. The summed E-state index contributed by atoms with van der Waals surface area (Å²) in [6, 6.07) is 7.25. The maximum atomic E-state index is 12.8. The van der Waals surface area contributed by atoms with Crippen LogP contribution < -0.4 is 10.6 Å². The molecule has 0 bridgehead atoms. The molecule has 8 nitrogen and oxygen atoms in total. The molecule has 1 aromatic heterocycles. The van der Waals surface area contributed by atoms with Gasteiger partial charge in [-0.05, 0) is 24.5 Å². The minimum absolute atomic E-state index is 0.0951. The molecule has 1 unspecified atom stereocenters. The predicted molar refractivity (Wildman–Crippen MR) is 104 cm³/mol. The molecule has 0 radical (unpaired) electrons. The number of para-hydroxylation sites is 1. The van der Waals surface area contributed by atoms with Crippen LogP contribution in [0.5, 0.6) is 0 Å². The van der Waals surface area contributed by atoms with Crippen molar-refractivity contribution in [2.24, 2.45) is 13.0 Å². The Balaban J connectivity index is 2.19. The average molecular weight is 387 g/mol. The fraction of sp³-hybridized carbons (Fsp3) is 0.400. The molecular formula is C20H25N3O5. The zero-order valence-corrected chi connectivity index (χ0v) is 16.1. The number of fused-ring (bicyclic) bond motifs is 1. The van der Waals surface area contributed by atoms with Gasteiger partial charge in [-0.15, -0.1) is 0 Å². The molecule has 1 heterocycles. The number of carbonyl (C=O) groups is 4. The van der Waals surface area contributed by atoms with Gasteiger partial charge >= 0.3 is 5.97 Å². The summed E-state index contributed by atoms with van der Waals surface area (Å²) in [6.45, 7) is 3.80. The van der Waals surface area contributed by atoms with Crippen LogP contribution >= 0.6 is 0 Å². The van der Waals surface area contributed by atoms with Crippen molar-refractivity contribution in [3.8, 4) is 0 Å². The Hall–Kier alpha value is -3.16. The molecule has 2 atom stereocenters. The summed E-state index contributed by atoms with van der Waals surface area (Å²) in [4.78, 5) is 47.2. The van der Waals surface area contributed by atoms with Gasteiger partial charge in [-0.1, -0.05) is 32.0 Å². The van der Waals surface area contributed by atoms with E-state index in [0.717, 1.165) is 10.9 Å². The number of carbonyl (C=O) groups excluding carboxylic acids is 3. The van der Waals surface area contributed by atoms with Crippen LogP contribution in [0.3, 0.4) is 0 Å². The minimum atomic E-state index is -1.20. The van der Waals surface area contributed by atoms with Crippen LogP contribution in [-0.2, 0) is 21.4 Å². The molecule has 28 heavy (non-hydrogen) atoms. The van der Waals surface area contributed by atoms with Gasteiger partial charge in [-0.25, -0.2) is 0 Å². The first-order valence-corrected chi connectivity index (χ1v) is 9.05. The molecule has 0 saturated carbocycles. The number of benzene rings is 1. The highest BCUT2D eigenvalue weighted by atomic mass is 16.4. The van der Waals surface area contributed by atoms with Crippen molar-refractivity contribution in [2.45, 2.75) is 38.8 Å². The molecule has 8 heteroatoms. The van der Waals surface area contributed by atoms with E-state index in [9.17, 15) is 19.2 Å². The number of amides is 2. The highest BCUT2D eigenvalue weighted by Crippen LogP contribution is 2.18.